The van der Waals surface area contributed by atoms with Gasteiger partial charge in [-0.25, -0.2) is 13.1 Å². The second-order valence-corrected chi connectivity index (χ2v) is 8.71. The number of hydrogen-bond donors (Lipinski definition) is 2. The molecule has 150 valence electrons. The highest BCUT2D eigenvalue weighted by Gasteiger charge is 2.21. The van der Waals surface area contributed by atoms with Crippen LogP contribution in [0.5, 0.6) is 0 Å². The molecule has 2 aromatic carbocycles. The molecule has 28 heavy (non-hydrogen) atoms. The lowest BCUT2D eigenvalue weighted by Gasteiger charge is -2.12. The number of rotatable bonds is 8. The lowest BCUT2D eigenvalue weighted by Crippen LogP contribution is -2.32. The predicted molar refractivity (Wildman–Crippen MR) is 108 cm³/mol. The van der Waals surface area contributed by atoms with E-state index in [0.29, 0.717) is 18.7 Å². The summed E-state index contributed by atoms with van der Waals surface area (Å²) in [5.74, 6) is -0.287. The van der Waals surface area contributed by atoms with Crippen LogP contribution in [0.3, 0.4) is 0 Å². The van der Waals surface area contributed by atoms with Gasteiger partial charge in [-0.1, -0.05) is 30.3 Å². The van der Waals surface area contributed by atoms with Gasteiger partial charge in [0.2, 0.25) is 10.0 Å². The fraction of sp³-hybridized carbons (Fsp3) is 0.381. The molecule has 0 aliphatic carbocycles. The number of nitrogens with one attached hydrogen (secondary N) is 2. The van der Waals surface area contributed by atoms with Crippen LogP contribution < -0.4 is 10.0 Å². The Bertz CT molecular complexity index is 922. The Hall–Kier alpha value is -2.22. The van der Waals surface area contributed by atoms with E-state index in [1.165, 1.54) is 23.3 Å². The molecule has 6 nitrogen and oxygen atoms in total. The van der Waals surface area contributed by atoms with Gasteiger partial charge in [-0.2, -0.15) is 0 Å². The highest BCUT2D eigenvalue weighted by molar-refractivity contribution is 7.89. The van der Waals surface area contributed by atoms with Crippen molar-refractivity contribution in [1.82, 2.24) is 10.0 Å². The van der Waals surface area contributed by atoms with Crippen LogP contribution in [-0.4, -0.2) is 40.1 Å². The molecule has 1 amide bonds. The maximum atomic E-state index is 12.5. The van der Waals surface area contributed by atoms with Gasteiger partial charge in [-0.15, -0.1) is 0 Å². The molecular weight excluding hydrogens is 376 g/mol. The summed E-state index contributed by atoms with van der Waals surface area (Å²) in [4.78, 5) is 12.5. The number of carbonyl (C=O) groups excluding carboxylic acids is 1. The van der Waals surface area contributed by atoms with Crippen LogP contribution in [0.1, 0.15) is 34.3 Å². The summed E-state index contributed by atoms with van der Waals surface area (Å²) in [6.07, 6.45) is 2.44. The molecular formula is C21H26N2O4S. The van der Waals surface area contributed by atoms with E-state index >= 15 is 0 Å². The van der Waals surface area contributed by atoms with E-state index in [9.17, 15) is 13.2 Å². The molecule has 1 fully saturated rings. The first-order valence-corrected chi connectivity index (χ1v) is 11.0. The van der Waals surface area contributed by atoms with Crippen molar-refractivity contribution in [2.24, 2.45) is 0 Å². The highest BCUT2D eigenvalue weighted by atomic mass is 32.2. The molecule has 1 saturated heterocycles. The van der Waals surface area contributed by atoms with Gasteiger partial charge in [0.15, 0.2) is 0 Å². The van der Waals surface area contributed by atoms with Gasteiger partial charge in [-0.3, -0.25) is 4.79 Å². The van der Waals surface area contributed by atoms with Crippen molar-refractivity contribution in [3.05, 3.63) is 65.2 Å². The number of benzene rings is 2. The minimum Gasteiger partial charge on any atom is -0.377 e. The van der Waals surface area contributed by atoms with E-state index in [4.69, 9.17) is 4.74 Å². The first-order valence-electron chi connectivity index (χ1n) is 9.50. The molecule has 1 heterocycles. The van der Waals surface area contributed by atoms with Crippen molar-refractivity contribution in [1.29, 1.82) is 0 Å². The summed E-state index contributed by atoms with van der Waals surface area (Å²) >= 11 is 0. The summed E-state index contributed by atoms with van der Waals surface area (Å²) in [5, 5.41) is 2.86. The van der Waals surface area contributed by atoms with Gasteiger partial charge in [0, 0.05) is 25.3 Å². The quantitative estimate of drug-likeness (QED) is 0.710. The smallest absolute Gasteiger partial charge is 0.251 e. The van der Waals surface area contributed by atoms with Crippen LogP contribution in [0.4, 0.5) is 0 Å². The van der Waals surface area contributed by atoms with Gasteiger partial charge in [-0.05, 0) is 55.5 Å². The topological polar surface area (TPSA) is 84.5 Å². The summed E-state index contributed by atoms with van der Waals surface area (Å²) in [6.45, 7) is 3.44. The Morgan fingerprint density at radius 2 is 2.00 bits per heavy atom. The molecule has 2 aromatic rings. The standard InChI is InChI=1S/C21H26N2O4S/c1-16-6-2-3-7-17(16)11-12-22-21(24)18-8-4-10-20(14-18)28(25,26)23-15-19-9-5-13-27-19/h2-4,6-8,10,14,19,23H,5,9,11-13,15H2,1H3,(H,22,24). The van der Waals surface area contributed by atoms with Gasteiger partial charge >= 0.3 is 0 Å². The SMILES string of the molecule is Cc1ccccc1CCNC(=O)c1cccc(S(=O)(=O)NCC2CCCO2)c1. The molecule has 0 bridgehead atoms. The van der Waals surface area contributed by atoms with E-state index in [2.05, 4.69) is 10.0 Å². The molecule has 1 aliphatic rings. The van der Waals surface area contributed by atoms with Crippen molar-refractivity contribution in [3.8, 4) is 0 Å². The monoisotopic (exact) mass is 402 g/mol. The summed E-state index contributed by atoms with van der Waals surface area (Å²) in [6, 6.07) is 14.1. The van der Waals surface area contributed by atoms with Crippen molar-refractivity contribution in [2.75, 3.05) is 19.7 Å². The molecule has 0 saturated carbocycles. The fourth-order valence-corrected chi connectivity index (χ4v) is 4.31. The first-order chi connectivity index (χ1) is 13.5. The number of carbonyl (C=O) groups is 1. The molecule has 1 atom stereocenters. The van der Waals surface area contributed by atoms with E-state index in [-0.39, 0.29) is 23.5 Å². The lowest BCUT2D eigenvalue weighted by atomic mass is 10.1. The minimum absolute atomic E-state index is 0.0806. The summed E-state index contributed by atoms with van der Waals surface area (Å²) in [7, 11) is -3.68. The van der Waals surface area contributed by atoms with Crippen LogP contribution >= 0.6 is 0 Å². The van der Waals surface area contributed by atoms with Gasteiger partial charge in [0.05, 0.1) is 11.0 Å². The third kappa shape index (κ3) is 5.41. The second kappa shape index (κ2) is 9.32. The zero-order valence-electron chi connectivity index (χ0n) is 16.0. The van der Waals surface area contributed by atoms with E-state index < -0.39 is 10.0 Å². The maximum Gasteiger partial charge on any atom is 0.251 e. The molecule has 0 spiro atoms. The predicted octanol–water partition coefficient (Wildman–Crippen LogP) is 2.42. The molecule has 2 N–H and O–H groups in total. The average molecular weight is 403 g/mol. The van der Waals surface area contributed by atoms with Crippen LogP contribution in [0, 0.1) is 6.92 Å². The molecule has 3 rings (SSSR count). The highest BCUT2D eigenvalue weighted by Crippen LogP contribution is 2.15. The molecule has 1 aliphatic heterocycles. The van der Waals surface area contributed by atoms with Crippen molar-refractivity contribution in [3.63, 3.8) is 0 Å². The lowest BCUT2D eigenvalue weighted by molar-refractivity contribution is 0.0954. The third-order valence-electron chi connectivity index (χ3n) is 4.87. The number of amides is 1. The number of hydrogen-bond acceptors (Lipinski definition) is 4. The number of ether oxygens (including phenoxy) is 1. The second-order valence-electron chi connectivity index (χ2n) is 6.95. The third-order valence-corrected chi connectivity index (χ3v) is 6.29. The van der Waals surface area contributed by atoms with Crippen LogP contribution in [0.25, 0.3) is 0 Å². The number of sulfonamides is 1. The molecule has 1 unspecified atom stereocenters. The van der Waals surface area contributed by atoms with Crippen LogP contribution in [0.15, 0.2) is 53.4 Å². The Labute approximate surface area is 166 Å². The summed E-state index contributed by atoms with van der Waals surface area (Å²) in [5.41, 5.74) is 2.68. The van der Waals surface area contributed by atoms with E-state index in [1.54, 1.807) is 12.1 Å². The Morgan fingerprint density at radius 3 is 2.75 bits per heavy atom. The van der Waals surface area contributed by atoms with Crippen LogP contribution in [-0.2, 0) is 21.2 Å². The zero-order chi connectivity index (χ0) is 20.0. The number of aryl methyl sites for hydroxylation is 1. The normalized spacial score (nSPS) is 16.8. The molecule has 0 radical (unpaired) electrons. The van der Waals surface area contributed by atoms with Crippen molar-refractivity contribution < 1.29 is 17.9 Å². The largest absolute Gasteiger partial charge is 0.377 e. The van der Waals surface area contributed by atoms with E-state index in [1.807, 2.05) is 31.2 Å². The van der Waals surface area contributed by atoms with Crippen molar-refractivity contribution in [2.45, 2.75) is 37.2 Å². The van der Waals surface area contributed by atoms with Crippen molar-refractivity contribution >= 4 is 15.9 Å². The first kappa shape index (κ1) is 20.5. The Morgan fingerprint density at radius 1 is 1.18 bits per heavy atom. The van der Waals surface area contributed by atoms with E-state index in [0.717, 1.165) is 19.3 Å². The Balaban J connectivity index is 1.58. The molecule has 7 heteroatoms. The minimum atomic E-state index is -3.68. The average Bonchev–Trinajstić information content (AvgIpc) is 3.22. The van der Waals surface area contributed by atoms with Gasteiger partial charge in [0.25, 0.3) is 5.91 Å². The Kier molecular flexibility index (Phi) is 6.83. The summed E-state index contributed by atoms with van der Waals surface area (Å²) < 4.78 is 33.0. The zero-order valence-corrected chi connectivity index (χ0v) is 16.8. The molecule has 0 aromatic heterocycles. The fourth-order valence-electron chi connectivity index (χ4n) is 3.20. The van der Waals surface area contributed by atoms with Crippen LogP contribution in [0.2, 0.25) is 0 Å². The van der Waals surface area contributed by atoms with Gasteiger partial charge in [0.1, 0.15) is 0 Å². The van der Waals surface area contributed by atoms with Gasteiger partial charge < -0.3 is 10.1 Å². The maximum absolute atomic E-state index is 12.5.